The van der Waals surface area contributed by atoms with E-state index in [-0.39, 0.29) is 0 Å². The van der Waals surface area contributed by atoms with E-state index in [1.165, 1.54) is 5.56 Å². The van der Waals surface area contributed by atoms with E-state index in [1.807, 2.05) is 37.3 Å². The van der Waals surface area contributed by atoms with Gasteiger partial charge in [-0.1, -0.05) is 43.6 Å². The van der Waals surface area contributed by atoms with Crippen molar-refractivity contribution in [3.63, 3.8) is 0 Å². The second kappa shape index (κ2) is 7.49. The normalized spacial score (nSPS) is 10.8. The van der Waals surface area contributed by atoms with E-state index in [1.54, 1.807) is 6.20 Å². The molecule has 25 heavy (non-hydrogen) atoms. The number of rotatable bonds is 5. The van der Waals surface area contributed by atoms with Gasteiger partial charge in [0.15, 0.2) is 5.82 Å². The first kappa shape index (κ1) is 17.2. The van der Waals surface area contributed by atoms with Crippen molar-refractivity contribution in [2.75, 3.05) is 10.6 Å². The number of benzene rings is 2. The van der Waals surface area contributed by atoms with Crippen molar-refractivity contribution in [2.24, 2.45) is 0 Å². The van der Waals surface area contributed by atoms with Crippen molar-refractivity contribution < 1.29 is 0 Å². The van der Waals surface area contributed by atoms with E-state index in [9.17, 15) is 0 Å². The van der Waals surface area contributed by atoms with Crippen LogP contribution in [0.4, 0.5) is 23.1 Å². The second-order valence-corrected chi connectivity index (χ2v) is 6.56. The zero-order chi connectivity index (χ0) is 17.8. The summed E-state index contributed by atoms with van der Waals surface area (Å²) in [4.78, 5) is 4.43. The van der Waals surface area contributed by atoms with Crippen LogP contribution in [0.3, 0.4) is 0 Å². The lowest BCUT2D eigenvalue weighted by Gasteiger charge is -2.10. The Morgan fingerprint density at radius 3 is 2.36 bits per heavy atom. The summed E-state index contributed by atoms with van der Waals surface area (Å²) in [6.07, 6.45) is 1.57. The molecule has 0 atom stereocenters. The maximum Gasteiger partial charge on any atom is 0.249 e. The molecule has 1 aromatic heterocycles. The Balaban J connectivity index is 1.73. The first-order valence-corrected chi connectivity index (χ1v) is 8.49. The van der Waals surface area contributed by atoms with E-state index in [2.05, 4.69) is 51.8 Å². The number of aromatic nitrogens is 3. The zero-order valence-corrected chi connectivity index (χ0v) is 15.2. The molecule has 0 radical (unpaired) electrons. The van der Waals surface area contributed by atoms with Gasteiger partial charge in [-0.25, -0.2) is 0 Å². The van der Waals surface area contributed by atoms with Gasteiger partial charge < -0.3 is 10.6 Å². The number of hydrogen-bond donors (Lipinski definition) is 2. The van der Waals surface area contributed by atoms with E-state index < -0.39 is 0 Å². The lowest BCUT2D eigenvalue weighted by molar-refractivity contribution is 0.867. The molecule has 3 aromatic rings. The Morgan fingerprint density at radius 2 is 1.68 bits per heavy atom. The molecule has 0 amide bonds. The van der Waals surface area contributed by atoms with Gasteiger partial charge >= 0.3 is 0 Å². The lowest BCUT2D eigenvalue weighted by atomic mass is 10.0. The highest BCUT2D eigenvalue weighted by molar-refractivity contribution is 6.31. The fraction of sp³-hybridized carbons (Fsp3) is 0.211. The number of nitrogens with zero attached hydrogens (tertiary/aromatic N) is 3. The van der Waals surface area contributed by atoms with Crippen LogP contribution >= 0.6 is 11.6 Å². The number of nitrogens with one attached hydrogen (secondary N) is 2. The molecule has 0 bridgehead atoms. The Labute approximate surface area is 152 Å². The van der Waals surface area contributed by atoms with Gasteiger partial charge in [0.1, 0.15) is 0 Å². The molecule has 2 aromatic carbocycles. The summed E-state index contributed by atoms with van der Waals surface area (Å²) < 4.78 is 0. The summed E-state index contributed by atoms with van der Waals surface area (Å²) in [7, 11) is 0. The molecule has 0 spiro atoms. The summed E-state index contributed by atoms with van der Waals surface area (Å²) in [5.74, 6) is 1.53. The van der Waals surface area contributed by atoms with Gasteiger partial charge in [0.2, 0.25) is 5.95 Å². The average molecular weight is 354 g/mol. The van der Waals surface area contributed by atoms with Crippen molar-refractivity contribution in [2.45, 2.75) is 26.7 Å². The quantitative estimate of drug-likeness (QED) is 0.639. The molecule has 0 fully saturated rings. The predicted octanol–water partition coefficient (Wildman–Crippen LogP) is 5.44. The highest BCUT2D eigenvalue weighted by Crippen LogP contribution is 2.23. The fourth-order valence-electron chi connectivity index (χ4n) is 2.32. The topological polar surface area (TPSA) is 62.7 Å². The van der Waals surface area contributed by atoms with Crippen LogP contribution in [0.2, 0.25) is 5.02 Å². The first-order chi connectivity index (χ1) is 12.0. The van der Waals surface area contributed by atoms with E-state index in [4.69, 9.17) is 11.6 Å². The van der Waals surface area contributed by atoms with Gasteiger partial charge in [-0.3, -0.25) is 0 Å². The van der Waals surface area contributed by atoms with Crippen LogP contribution in [-0.2, 0) is 0 Å². The lowest BCUT2D eigenvalue weighted by Crippen LogP contribution is -2.02. The monoisotopic (exact) mass is 353 g/mol. The van der Waals surface area contributed by atoms with Gasteiger partial charge in [-0.15, -0.1) is 5.10 Å². The number of aryl methyl sites for hydroxylation is 1. The number of halogens is 1. The van der Waals surface area contributed by atoms with E-state index in [0.717, 1.165) is 16.9 Å². The van der Waals surface area contributed by atoms with Gasteiger partial charge in [0.05, 0.1) is 6.20 Å². The average Bonchev–Trinajstić information content (AvgIpc) is 2.59. The Hall–Kier alpha value is -2.66. The third kappa shape index (κ3) is 4.45. The number of hydrogen-bond acceptors (Lipinski definition) is 5. The molecule has 0 saturated carbocycles. The van der Waals surface area contributed by atoms with Crippen LogP contribution in [-0.4, -0.2) is 15.2 Å². The van der Waals surface area contributed by atoms with Crippen LogP contribution in [0.1, 0.15) is 30.9 Å². The van der Waals surface area contributed by atoms with Crippen molar-refractivity contribution in [3.8, 4) is 0 Å². The Kier molecular flexibility index (Phi) is 5.14. The van der Waals surface area contributed by atoms with Crippen LogP contribution in [0.25, 0.3) is 0 Å². The van der Waals surface area contributed by atoms with E-state index in [0.29, 0.717) is 22.7 Å². The molecule has 2 N–H and O–H groups in total. The SMILES string of the molecule is Cc1ccc(Nc2cnnc(Nc3ccc(C(C)C)cc3)n2)cc1Cl. The molecule has 0 unspecified atom stereocenters. The van der Waals surface area contributed by atoms with Crippen LogP contribution in [0.5, 0.6) is 0 Å². The minimum Gasteiger partial charge on any atom is -0.339 e. The fourth-order valence-corrected chi connectivity index (χ4v) is 2.50. The predicted molar refractivity (Wildman–Crippen MR) is 103 cm³/mol. The van der Waals surface area contributed by atoms with Crippen molar-refractivity contribution >= 4 is 34.7 Å². The maximum atomic E-state index is 6.15. The standard InChI is InChI=1S/C19H20ClN5/c1-12(2)14-5-8-15(9-6-14)23-19-24-18(11-21-25-19)22-16-7-4-13(3)17(20)10-16/h4-12H,1-3H3,(H2,22,23,24,25). The molecule has 3 rings (SSSR count). The van der Waals surface area contributed by atoms with Crippen molar-refractivity contribution in [3.05, 3.63) is 64.8 Å². The summed E-state index contributed by atoms with van der Waals surface area (Å²) in [5, 5.41) is 15.1. The highest BCUT2D eigenvalue weighted by atomic mass is 35.5. The van der Waals surface area contributed by atoms with Crippen LogP contribution in [0, 0.1) is 6.92 Å². The summed E-state index contributed by atoms with van der Waals surface area (Å²) >= 11 is 6.15. The van der Waals surface area contributed by atoms with Gasteiger partial charge in [-0.05, 0) is 48.2 Å². The van der Waals surface area contributed by atoms with Crippen molar-refractivity contribution in [1.82, 2.24) is 15.2 Å². The number of anilines is 4. The third-order valence-corrected chi connectivity index (χ3v) is 4.24. The molecule has 6 heteroatoms. The minimum absolute atomic E-state index is 0.431. The maximum absolute atomic E-state index is 6.15. The Morgan fingerprint density at radius 1 is 0.960 bits per heavy atom. The Bertz CT molecular complexity index is 862. The van der Waals surface area contributed by atoms with Gasteiger partial charge in [0.25, 0.3) is 0 Å². The smallest absolute Gasteiger partial charge is 0.249 e. The first-order valence-electron chi connectivity index (χ1n) is 8.11. The highest BCUT2D eigenvalue weighted by Gasteiger charge is 2.04. The second-order valence-electron chi connectivity index (χ2n) is 6.16. The van der Waals surface area contributed by atoms with Gasteiger partial charge in [-0.2, -0.15) is 10.1 Å². The summed E-state index contributed by atoms with van der Waals surface area (Å²) in [6.45, 7) is 6.30. The molecule has 0 aliphatic carbocycles. The van der Waals surface area contributed by atoms with Crippen molar-refractivity contribution in [1.29, 1.82) is 0 Å². The third-order valence-electron chi connectivity index (χ3n) is 3.84. The largest absolute Gasteiger partial charge is 0.339 e. The molecular formula is C19H20ClN5. The zero-order valence-electron chi connectivity index (χ0n) is 14.4. The summed E-state index contributed by atoms with van der Waals surface area (Å²) in [5.41, 5.74) is 4.08. The molecule has 0 aliphatic heterocycles. The van der Waals surface area contributed by atoms with Gasteiger partial charge in [0, 0.05) is 16.4 Å². The van der Waals surface area contributed by atoms with Crippen LogP contribution < -0.4 is 10.6 Å². The summed E-state index contributed by atoms with van der Waals surface area (Å²) in [6, 6.07) is 14.0. The molecule has 128 valence electrons. The molecule has 5 nitrogen and oxygen atoms in total. The molecule has 0 saturated heterocycles. The van der Waals surface area contributed by atoms with Crippen LogP contribution in [0.15, 0.2) is 48.7 Å². The molecule has 0 aliphatic rings. The molecule has 1 heterocycles. The molecular weight excluding hydrogens is 334 g/mol. The minimum atomic E-state index is 0.431. The van der Waals surface area contributed by atoms with E-state index >= 15 is 0 Å².